The maximum Gasteiger partial charge on any atom is 0.188 e. The van der Waals surface area contributed by atoms with E-state index in [1.54, 1.807) is 11.1 Å². The molecule has 3 N–H and O–H groups in total. The molecule has 3 nitrogen and oxygen atoms in total. The summed E-state index contributed by atoms with van der Waals surface area (Å²) < 4.78 is 0. The summed E-state index contributed by atoms with van der Waals surface area (Å²) in [5.74, 6) is 2.92. The summed E-state index contributed by atoms with van der Waals surface area (Å²) in [4.78, 5) is 4.50. The molecule has 1 fully saturated rings. The number of unbranched alkanes of at least 4 members (excludes halogenated alkanes) is 1. The van der Waals surface area contributed by atoms with Gasteiger partial charge in [-0.1, -0.05) is 37.6 Å². The molecule has 0 saturated heterocycles. The average molecular weight is 257 g/mol. The average Bonchev–Trinajstić information content (AvgIpc) is 2.96. The van der Waals surface area contributed by atoms with E-state index in [-0.39, 0.29) is 0 Å². The first-order valence-electron chi connectivity index (χ1n) is 7.43. The summed E-state index contributed by atoms with van der Waals surface area (Å²) >= 11 is 0. The third kappa shape index (κ3) is 2.46. The van der Waals surface area contributed by atoms with E-state index >= 15 is 0 Å². The Kier molecular flexibility index (Phi) is 3.45. The molecule has 1 saturated carbocycles. The second-order valence-electron chi connectivity index (χ2n) is 5.76. The normalized spacial score (nSPS) is 27.8. The van der Waals surface area contributed by atoms with Gasteiger partial charge in [-0.15, -0.1) is 0 Å². The van der Waals surface area contributed by atoms with Crippen molar-refractivity contribution in [1.29, 1.82) is 0 Å². The van der Waals surface area contributed by atoms with Crippen LogP contribution in [-0.2, 0) is 6.42 Å². The molecule has 0 spiro atoms. The van der Waals surface area contributed by atoms with Crippen molar-refractivity contribution in [2.24, 2.45) is 22.6 Å². The van der Waals surface area contributed by atoms with Gasteiger partial charge in [-0.3, -0.25) is 4.99 Å². The molecule has 3 rings (SSSR count). The van der Waals surface area contributed by atoms with Gasteiger partial charge in [0, 0.05) is 13.1 Å². The number of hydrogen-bond donors (Lipinski definition) is 2. The minimum Gasteiger partial charge on any atom is -0.370 e. The smallest absolute Gasteiger partial charge is 0.188 e. The van der Waals surface area contributed by atoms with Crippen molar-refractivity contribution >= 4 is 5.96 Å². The Hall–Kier alpha value is -1.51. The first-order chi connectivity index (χ1) is 9.31. The quantitative estimate of drug-likeness (QED) is 0.483. The molecular weight excluding hydrogens is 234 g/mol. The lowest BCUT2D eigenvalue weighted by Gasteiger charge is -2.07. The van der Waals surface area contributed by atoms with E-state index in [0.29, 0.717) is 5.96 Å². The molecule has 0 heterocycles. The van der Waals surface area contributed by atoms with Crippen molar-refractivity contribution in [1.82, 2.24) is 5.32 Å². The molecule has 0 aliphatic heterocycles. The summed E-state index contributed by atoms with van der Waals surface area (Å²) in [7, 11) is 0. The molecular formula is C16H23N3. The topological polar surface area (TPSA) is 50.4 Å². The van der Waals surface area contributed by atoms with Crippen molar-refractivity contribution in [3.8, 4) is 0 Å². The molecule has 2 aliphatic rings. The molecule has 19 heavy (non-hydrogen) atoms. The number of fused-ring (bicyclic) bond motifs is 3. The Labute approximate surface area is 115 Å². The standard InChI is InChI=1S/C16H23N3/c1-2-3-8-18-16(17)19-10-14-13-9-11-6-4-5-7-12(11)15(13)14/h4-7,13-15H,2-3,8-10H2,1H3,(H3,17,18,19). The molecule has 102 valence electrons. The lowest BCUT2D eigenvalue weighted by Crippen LogP contribution is -2.32. The van der Waals surface area contributed by atoms with Gasteiger partial charge in [-0.2, -0.15) is 0 Å². The van der Waals surface area contributed by atoms with Crippen molar-refractivity contribution in [2.75, 3.05) is 13.1 Å². The minimum atomic E-state index is 0.617. The monoisotopic (exact) mass is 257 g/mol. The van der Waals surface area contributed by atoms with Crippen LogP contribution in [0.25, 0.3) is 0 Å². The Balaban J connectivity index is 1.51. The van der Waals surface area contributed by atoms with Gasteiger partial charge < -0.3 is 11.1 Å². The van der Waals surface area contributed by atoms with Crippen LogP contribution < -0.4 is 11.1 Å². The van der Waals surface area contributed by atoms with Crippen molar-refractivity contribution < 1.29 is 0 Å². The molecule has 1 aromatic carbocycles. The molecule has 0 radical (unpaired) electrons. The van der Waals surface area contributed by atoms with Crippen LogP contribution in [0.4, 0.5) is 0 Å². The number of nitrogens with two attached hydrogens (primary N) is 1. The van der Waals surface area contributed by atoms with Crippen LogP contribution in [0.15, 0.2) is 29.3 Å². The molecule has 0 aromatic heterocycles. The Morgan fingerprint density at radius 2 is 2.26 bits per heavy atom. The first-order valence-corrected chi connectivity index (χ1v) is 7.43. The zero-order valence-electron chi connectivity index (χ0n) is 11.6. The maximum atomic E-state index is 5.87. The number of nitrogens with zero attached hydrogens (tertiary/aromatic N) is 1. The highest BCUT2D eigenvalue weighted by Gasteiger charge is 2.54. The van der Waals surface area contributed by atoms with Crippen molar-refractivity contribution in [2.45, 2.75) is 32.1 Å². The van der Waals surface area contributed by atoms with Crippen molar-refractivity contribution in [3.63, 3.8) is 0 Å². The number of benzene rings is 1. The highest BCUT2D eigenvalue weighted by atomic mass is 15.1. The van der Waals surface area contributed by atoms with E-state index in [2.05, 4.69) is 41.5 Å². The van der Waals surface area contributed by atoms with E-state index in [4.69, 9.17) is 5.73 Å². The molecule has 3 atom stereocenters. The van der Waals surface area contributed by atoms with Crippen LogP contribution in [0.1, 0.15) is 36.8 Å². The fourth-order valence-electron chi connectivity index (χ4n) is 3.39. The van der Waals surface area contributed by atoms with E-state index < -0.39 is 0 Å². The molecule has 0 bridgehead atoms. The van der Waals surface area contributed by atoms with Crippen LogP contribution in [0.5, 0.6) is 0 Å². The van der Waals surface area contributed by atoms with Crippen LogP contribution in [0, 0.1) is 11.8 Å². The summed E-state index contributed by atoms with van der Waals surface area (Å²) in [6.07, 6.45) is 3.58. The van der Waals surface area contributed by atoms with Gasteiger partial charge >= 0.3 is 0 Å². The number of nitrogens with one attached hydrogen (secondary N) is 1. The van der Waals surface area contributed by atoms with Crippen LogP contribution in [-0.4, -0.2) is 19.0 Å². The van der Waals surface area contributed by atoms with E-state index in [1.165, 1.54) is 12.8 Å². The summed E-state index contributed by atoms with van der Waals surface area (Å²) in [6, 6.07) is 8.85. The lowest BCUT2D eigenvalue weighted by molar-refractivity contribution is 0.693. The third-order valence-electron chi connectivity index (χ3n) is 4.51. The lowest BCUT2D eigenvalue weighted by atomic mass is 10.0. The van der Waals surface area contributed by atoms with E-state index in [1.807, 2.05) is 0 Å². The van der Waals surface area contributed by atoms with E-state index in [9.17, 15) is 0 Å². The fourth-order valence-corrected chi connectivity index (χ4v) is 3.39. The van der Waals surface area contributed by atoms with E-state index in [0.717, 1.165) is 37.3 Å². The number of hydrogen-bond acceptors (Lipinski definition) is 1. The minimum absolute atomic E-state index is 0.617. The summed E-state index contributed by atoms with van der Waals surface area (Å²) in [6.45, 7) is 4.00. The second kappa shape index (κ2) is 5.24. The molecule has 0 amide bonds. The second-order valence-corrected chi connectivity index (χ2v) is 5.76. The largest absolute Gasteiger partial charge is 0.370 e. The van der Waals surface area contributed by atoms with Crippen molar-refractivity contribution in [3.05, 3.63) is 35.4 Å². The predicted molar refractivity (Wildman–Crippen MR) is 79.3 cm³/mol. The van der Waals surface area contributed by atoms with Crippen LogP contribution >= 0.6 is 0 Å². The third-order valence-corrected chi connectivity index (χ3v) is 4.51. The number of rotatable bonds is 5. The first kappa shape index (κ1) is 12.5. The van der Waals surface area contributed by atoms with Gasteiger partial charge in [-0.25, -0.2) is 0 Å². The Bertz CT molecular complexity index is 481. The highest BCUT2D eigenvalue weighted by molar-refractivity contribution is 5.77. The number of aliphatic imine (C=N–C) groups is 1. The Morgan fingerprint density at radius 3 is 3.11 bits per heavy atom. The predicted octanol–water partition coefficient (Wildman–Crippen LogP) is 2.28. The summed E-state index contributed by atoms with van der Waals surface area (Å²) in [5.41, 5.74) is 8.98. The Morgan fingerprint density at radius 1 is 1.42 bits per heavy atom. The van der Waals surface area contributed by atoms with Gasteiger partial charge in [-0.05, 0) is 41.7 Å². The SMILES string of the molecule is CCCCNC(N)=NCC1C2Cc3ccccc3C12. The van der Waals surface area contributed by atoms with Gasteiger partial charge in [0.15, 0.2) is 5.96 Å². The zero-order valence-corrected chi connectivity index (χ0v) is 11.6. The molecule has 3 unspecified atom stereocenters. The molecule has 2 aliphatic carbocycles. The number of guanidine groups is 1. The maximum absolute atomic E-state index is 5.87. The molecule has 3 heteroatoms. The van der Waals surface area contributed by atoms with Crippen LogP contribution in [0.2, 0.25) is 0 Å². The molecule has 1 aromatic rings. The summed E-state index contributed by atoms with van der Waals surface area (Å²) in [5, 5.41) is 3.18. The van der Waals surface area contributed by atoms with Gasteiger partial charge in [0.05, 0.1) is 0 Å². The zero-order chi connectivity index (χ0) is 13.2. The van der Waals surface area contributed by atoms with Gasteiger partial charge in [0.2, 0.25) is 0 Å². The highest BCUT2D eigenvalue weighted by Crippen LogP contribution is 2.61. The van der Waals surface area contributed by atoms with Crippen LogP contribution in [0.3, 0.4) is 0 Å². The van der Waals surface area contributed by atoms with Gasteiger partial charge in [0.25, 0.3) is 0 Å². The van der Waals surface area contributed by atoms with Gasteiger partial charge in [0.1, 0.15) is 0 Å². The fraction of sp³-hybridized carbons (Fsp3) is 0.562.